The van der Waals surface area contributed by atoms with Crippen molar-refractivity contribution in [2.24, 2.45) is 0 Å². The molecule has 0 aliphatic heterocycles. The Kier molecular flexibility index (Phi) is 1.33. The molecule has 6 nitrogen and oxygen atoms in total. The zero-order valence-corrected chi connectivity index (χ0v) is 6.40. The third kappa shape index (κ3) is 0.777. The first-order chi connectivity index (χ1) is 5.83. The predicted molar refractivity (Wildman–Crippen MR) is 43.4 cm³/mol. The maximum Gasteiger partial charge on any atom is 0.278 e. The number of aromatic nitrogens is 4. The van der Waals surface area contributed by atoms with Gasteiger partial charge in [0.05, 0.1) is 6.33 Å². The summed E-state index contributed by atoms with van der Waals surface area (Å²) >= 11 is 0. The largest absolute Gasteiger partial charge is 0.326 e. The minimum absolute atomic E-state index is 0.228. The molecule has 2 aromatic rings. The lowest BCUT2D eigenvalue weighted by molar-refractivity contribution is 0.936. The van der Waals surface area contributed by atoms with Crippen molar-refractivity contribution in [1.29, 1.82) is 0 Å². The van der Waals surface area contributed by atoms with E-state index in [2.05, 4.69) is 20.4 Å². The monoisotopic (exact) mass is 165 g/mol. The van der Waals surface area contributed by atoms with Gasteiger partial charge in [-0.25, -0.2) is 14.6 Å². The number of nitrogens with zero attached hydrogens (tertiary/aromatic N) is 3. The number of nitrogens with one attached hydrogen (secondary N) is 2. The fourth-order valence-electron chi connectivity index (χ4n) is 1.01. The number of hydrogen-bond acceptors (Lipinski definition) is 4. The van der Waals surface area contributed by atoms with Crippen LogP contribution < -0.4 is 11.0 Å². The molecule has 62 valence electrons. The van der Waals surface area contributed by atoms with E-state index in [-0.39, 0.29) is 5.56 Å². The number of fused-ring (bicyclic) bond motifs is 1. The second-order valence-corrected chi connectivity index (χ2v) is 2.24. The maximum absolute atomic E-state index is 11.1. The van der Waals surface area contributed by atoms with E-state index in [9.17, 15) is 4.79 Å². The van der Waals surface area contributed by atoms with Crippen molar-refractivity contribution in [3.63, 3.8) is 0 Å². The highest BCUT2D eigenvalue weighted by atomic mass is 16.1. The number of rotatable bonds is 1. The van der Waals surface area contributed by atoms with E-state index >= 15 is 0 Å². The number of aromatic amines is 1. The van der Waals surface area contributed by atoms with E-state index in [1.807, 2.05) is 0 Å². The fourth-order valence-corrected chi connectivity index (χ4v) is 1.01. The maximum atomic E-state index is 11.1. The van der Waals surface area contributed by atoms with Crippen molar-refractivity contribution in [2.45, 2.75) is 0 Å². The Morgan fingerprint density at radius 3 is 3.17 bits per heavy atom. The summed E-state index contributed by atoms with van der Waals surface area (Å²) < 4.78 is 1.57. The molecule has 0 spiro atoms. The van der Waals surface area contributed by atoms with Gasteiger partial charge in [-0.2, -0.15) is 0 Å². The molecule has 0 amide bonds. The Balaban J connectivity index is 2.89. The van der Waals surface area contributed by atoms with Crippen LogP contribution in [0, 0.1) is 0 Å². The van der Waals surface area contributed by atoms with Gasteiger partial charge < -0.3 is 10.4 Å². The fraction of sp³-hybridized carbons (Fsp3) is 0.167. The quantitative estimate of drug-likeness (QED) is 0.585. The number of H-pyrrole nitrogens is 1. The molecule has 0 fully saturated rings. The molecule has 0 unspecified atom stereocenters. The van der Waals surface area contributed by atoms with Gasteiger partial charge in [-0.3, -0.25) is 4.79 Å². The summed E-state index contributed by atoms with van der Waals surface area (Å²) in [6.07, 6.45) is 2.85. The molecule has 0 bridgehead atoms. The van der Waals surface area contributed by atoms with Gasteiger partial charge in [0.25, 0.3) is 5.56 Å². The first kappa shape index (κ1) is 6.84. The van der Waals surface area contributed by atoms with Crippen LogP contribution in [0.4, 0.5) is 0 Å². The van der Waals surface area contributed by atoms with Crippen LogP contribution in [0.3, 0.4) is 0 Å². The van der Waals surface area contributed by atoms with Gasteiger partial charge in [0.15, 0.2) is 11.2 Å². The van der Waals surface area contributed by atoms with Crippen LogP contribution in [0.5, 0.6) is 0 Å². The van der Waals surface area contributed by atoms with Crippen LogP contribution in [-0.2, 0) is 0 Å². The van der Waals surface area contributed by atoms with Gasteiger partial charge in [-0.1, -0.05) is 0 Å². The second-order valence-electron chi connectivity index (χ2n) is 2.24. The van der Waals surface area contributed by atoms with Crippen molar-refractivity contribution in [3.8, 4) is 0 Å². The molecule has 2 heterocycles. The van der Waals surface area contributed by atoms with E-state index < -0.39 is 0 Å². The summed E-state index contributed by atoms with van der Waals surface area (Å²) in [5, 5.41) is 0. The Morgan fingerprint density at radius 2 is 2.42 bits per heavy atom. The third-order valence-electron chi connectivity index (χ3n) is 1.58. The molecule has 2 rings (SSSR count). The zero-order chi connectivity index (χ0) is 8.55. The molecule has 6 heteroatoms. The lowest BCUT2D eigenvalue weighted by atomic mass is 10.5. The Labute approximate surface area is 67.2 Å². The van der Waals surface area contributed by atoms with Gasteiger partial charge in [0, 0.05) is 7.05 Å². The third-order valence-corrected chi connectivity index (χ3v) is 1.58. The molecule has 2 N–H and O–H groups in total. The molecule has 0 aliphatic rings. The summed E-state index contributed by atoms with van der Waals surface area (Å²) in [6, 6.07) is 0. The van der Waals surface area contributed by atoms with Crippen LogP contribution in [0.2, 0.25) is 0 Å². The first-order valence-corrected chi connectivity index (χ1v) is 3.41. The van der Waals surface area contributed by atoms with Crippen molar-refractivity contribution in [2.75, 3.05) is 12.5 Å². The standard InChI is InChI=1S/C6H7N5O/c1-7-11-3-10-4-5(11)8-2-9-6(4)12/h2-3,7H,1H3,(H,8,9,12). The zero-order valence-electron chi connectivity index (χ0n) is 6.40. The van der Waals surface area contributed by atoms with Gasteiger partial charge in [0.2, 0.25) is 0 Å². The molecule has 12 heavy (non-hydrogen) atoms. The Hall–Kier alpha value is -1.85. The molecule has 2 aromatic heterocycles. The lowest BCUT2D eigenvalue weighted by Crippen LogP contribution is -2.11. The topological polar surface area (TPSA) is 75.6 Å². The molecule has 0 saturated heterocycles. The summed E-state index contributed by atoms with van der Waals surface area (Å²) in [4.78, 5) is 21.4. The van der Waals surface area contributed by atoms with E-state index in [0.29, 0.717) is 11.2 Å². The molecule has 0 atom stereocenters. The van der Waals surface area contributed by atoms with Crippen molar-refractivity contribution < 1.29 is 0 Å². The van der Waals surface area contributed by atoms with Crippen LogP contribution in [0.25, 0.3) is 11.2 Å². The predicted octanol–water partition coefficient (Wildman–Crippen LogP) is -0.707. The molecular weight excluding hydrogens is 158 g/mol. The van der Waals surface area contributed by atoms with Gasteiger partial charge in [-0.15, -0.1) is 0 Å². The Bertz CT molecular complexity index is 456. The second kappa shape index (κ2) is 2.33. The van der Waals surface area contributed by atoms with Crippen LogP contribution in [0.1, 0.15) is 0 Å². The van der Waals surface area contributed by atoms with Crippen molar-refractivity contribution >= 4 is 11.2 Å². The number of hydrogen-bond donors (Lipinski definition) is 2. The van der Waals surface area contributed by atoms with Crippen LogP contribution in [0.15, 0.2) is 17.4 Å². The summed E-state index contributed by atoms with van der Waals surface area (Å²) in [5.74, 6) is 0. The Morgan fingerprint density at radius 1 is 1.58 bits per heavy atom. The van der Waals surface area contributed by atoms with Crippen LogP contribution in [-0.4, -0.2) is 26.7 Å². The average molecular weight is 165 g/mol. The molecule has 0 aliphatic carbocycles. The molecule has 0 saturated carbocycles. The molecule has 0 aromatic carbocycles. The highest BCUT2D eigenvalue weighted by Gasteiger charge is 2.04. The summed E-state index contributed by atoms with van der Waals surface area (Å²) in [5.41, 5.74) is 3.46. The van der Waals surface area contributed by atoms with E-state index in [1.54, 1.807) is 11.7 Å². The van der Waals surface area contributed by atoms with Gasteiger partial charge in [0.1, 0.15) is 6.33 Å². The van der Waals surface area contributed by atoms with Crippen molar-refractivity contribution in [3.05, 3.63) is 23.0 Å². The van der Waals surface area contributed by atoms with Crippen LogP contribution >= 0.6 is 0 Å². The van der Waals surface area contributed by atoms with Crippen molar-refractivity contribution in [1.82, 2.24) is 19.6 Å². The smallest absolute Gasteiger partial charge is 0.278 e. The van der Waals surface area contributed by atoms with E-state index in [1.165, 1.54) is 12.7 Å². The normalized spacial score (nSPS) is 10.4. The summed E-state index contributed by atoms with van der Waals surface area (Å²) in [6.45, 7) is 0. The summed E-state index contributed by atoms with van der Waals surface area (Å²) in [7, 11) is 1.73. The highest BCUT2D eigenvalue weighted by molar-refractivity contribution is 5.68. The first-order valence-electron chi connectivity index (χ1n) is 3.41. The minimum Gasteiger partial charge on any atom is -0.326 e. The number of imidazole rings is 1. The SMILES string of the molecule is CNn1cnc2c(=O)[nH]cnc21. The molecule has 0 radical (unpaired) electrons. The lowest BCUT2D eigenvalue weighted by Gasteiger charge is -1.97. The van der Waals surface area contributed by atoms with E-state index in [4.69, 9.17) is 0 Å². The highest BCUT2D eigenvalue weighted by Crippen LogP contribution is 1.99. The average Bonchev–Trinajstić information content (AvgIpc) is 2.49. The van der Waals surface area contributed by atoms with Gasteiger partial charge in [-0.05, 0) is 0 Å². The van der Waals surface area contributed by atoms with Gasteiger partial charge >= 0.3 is 0 Å². The van der Waals surface area contributed by atoms with E-state index in [0.717, 1.165) is 0 Å². The minimum atomic E-state index is -0.228. The molecular formula is C6H7N5O.